The summed E-state index contributed by atoms with van der Waals surface area (Å²) in [6.07, 6.45) is 4.85. The summed E-state index contributed by atoms with van der Waals surface area (Å²) in [5, 5.41) is 6.19. The van der Waals surface area contributed by atoms with Gasteiger partial charge in [-0.25, -0.2) is 0 Å². The predicted molar refractivity (Wildman–Crippen MR) is 109 cm³/mol. The van der Waals surface area contributed by atoms with E-state index in [2.05, 4.69) is 10.6 Å². The van der Waals surface area contributed by atoms with Crippen LogP contribution < -0.4 is 10.6 Å². The lowest BCUT2D eigenvalue weighted by Crippen LogP contribution is -2.52. The number of nitrogens with one attached hydrogen (secondary N) is 2. The molecule has 1 aliphatic rings. The third-order valence-corrected chi connectivity index (χ3v) is 5.46. The van der Waals surface area contributed by atoms with Crippen molar-refractivity contribution in [2.45, 2.75) is 32.2 Å². The quantitative estimate of drug-likeness (QED) is 0.730. The number of carbonyl (C=O) groups excluding carboxylic acids is 2. The average Bonchev–Trinajstić information content (AvgIpc) is 2.65. The van der Waals surface area contributed by atoms with Crippen LogP contribution in [0.15, 0.2) is 24.3 Å². The minimum atomic E-state index is -0.455. The maximum Gasteiger partial charge on any atom is 0.251 e. The van der Waals surface area contributed by atoms with E-state index in [4.69, 9.17) is 0 Å². The maximum atomic E-state index is 13.1. The highest BCUT2D eigenvalue weighted by atomic mass is 32.2. The van der Waals surface area contributed by atoms with Crippen molar-refractivity contribution in [3.8, 4) is 0 Å². The molecule has 144 valence electrons. The van der Waals surface area contributed by atoms with Crippen molar-refractivity contribution in [2.75, 3.05) is 38.7 Å². The molecule has 2 rings (SSSR count). The lowest BCUT2D eigenvalue weighted by atomic mass is 9.97. The summed E-state index contributed by atoms with van der Waals surface area (Å²) in [6, 6.07) is 7.03. The van der Waals surface area contributed by atoms with E-state index in [-0.39, 0.29) is 11.8 Å². The fraction of sp³-hybridized carbons (Fsp3) is 0.600. The summed E-state index contributed by atoms with van der Waals surface area (Å²) in [5.41, 5.74) is 1.65. The highest BCUT2D eigenvalue weighted by Gasteiger charge is 2.29. The summed E-state index contributed by atoms with van der Waals surface area (Å²) in [7, 11) is 1.95. The molecular weight excluding hydrogens is 346 g/mol. The van der Waals surface area contributed by atoms with Crippen LogP contribution in [-0.2, 0) is 4.79 Å². The van der Waals surface area contributed by atoms with Gasteiger partial charge in [0, 0.05) is 18.7 Å². The van der Waals surface area contributed by atoms with Crippen LogP contribution in [0.1, 0.15) is 35.2 Å². The van der Waals surface area contributed by atoms with Gasteiger partial charge in [0.15, 0.2) is 0 Å². The molecule has 1 aliphatic heterocycles. The molecule has 1 aromatic carbocycles. The molecule has 6 heteroatoms. The van der Waals surface area contributed by atoms with Crippen LogP contribution >= 0.6 is 11.8 Å². The van der Waals surface area contributed by atoms with E-state index in [9.17, 15) is 9.59 Å². The number of nitrogens with zero attached hydrogens (tertiary/aromatic N) is 1. The molecular formula is C20H31N3O2S. The van der Waals surface area contributed by atoms with Gasteiger partial charge in [-0.05, 0) is 69.8 Å². The number of hydrogen-bond acceptors (Lipinski definition) is 4. The van der Waals surface area contributed by atoms with Crippen LogP contribution in [0.3, 0.4) is 0 Å². The molecule has 1 fully saturated rings. The molecule has 5 nitrogen and oxygen atoms in total. The van der Waals surface area contributed by atoms with Gasteiger partial charge in [0.2, 0.25) is 5.91 Å². The third-order valence-electron chi connectivity index (χ3n) is 4.82. The lowest BCUT2D eigenvalue weighted by molar-refractivity contribution is -0.135. The van der Waals surface area contributed by atoms with E-state index in [1.807, 2.05) is 43.3 Å². The average molecular weight is 378 g/mol. The summed E-state index contributed by atoms with van der Waals surface area (Å²) >= 11 is 1.70. The van der Waals surface area contributed by atoms with Crippen LogP contribution in [0.5, 0.6) is 0 Å². The second kappa shape index (κ2) is 10.6. The van der Waals surface area contributed by atoms with Crippen molar-refractivity contribution >= 4 is 23.6 Å². The molecule has 2 unspecified atom stereocenters. The standard InChI is InChI=1S/C20H31N3O2S/c1-15-6-4-8-17(12-15)19(24)22-18(9-11-26-3)20(25)23-10-5-7-16(14-23)13-21-2/h4,6,8,12,16,18,21H,5,7,9-11,13-14H2,1-3H3,(H,22,24). The summed E-state index contributed by atoms with van der Waals surface area (Å²) in [5.74, 6) is 1.22. The first-order chi connectivity index (χ1) is 12.5. The van der Waals surface area contributed by atoms with Crippen molar-refractivity contribution < 1.29 is 9.59 Å². The van der Waals surface area contributed by atoms with Gasteiger partial charge < -0.3 is 15.5 Å². The summed E-state index contributed by atoms with van der Waals surface area (Å²) < 4.78 is 0. The van der Waals surface area contributed by atoms with Crippen molar-refractivity contribution in [1.82, 2.24) is 15.5 Å². The Morgan fingerprint density at radius 1 is 1.38 bits per heavy atom. The number of carbonyl (C=O) groups is 2. The first kappa shape index (κ1) is 20.8. The van der Waals surface area contributed by atoms with Crippen LogP contribution in [-0.4, -0.2) is 61.4 Å². The lowest BCUT2D eigenvalue weighted by Gasteiger charge is -2.35. The van der Waals surface area contributed by atoms with Crippen molar-refractivity contribution in [1.29, 1.82) is 0 Å². The molecule has 0 spiro atoms. The molecule has 2 amide bonds. The second-order valence-electron chi connectivity index (χ2n) is 7.03. The van der Waals surface area contributed by atoms with Gasteiger partial charge in [0.25, 0.3) is 5.91 Å². The molecule has 1 heterocycles. The van der Waals surface area contributed by atoms with E-state index in [1.165, 1.54) is 0 Å². The van der Waals surface area contributed by atoms with Gasteiger partial charge in [-0.1, -0.05) is 17.7 Å². The van der Waals surface area contributed by atoms with Crippen molar-refractivity contribution in [2.24, 2.45) is 5.92 Å². The van der Waals surface area contributed by atoms with E-state index >= 15 is 0 Å². The van der Waals surface area contributed by atoms with E-state index < -0.39 is 6.04 Å². The molecule has 2 atom stereocenters. The fourth-order valence-electron chi connectivity index (χ4n) is 3.46. The molecule has 0 saturated carbocycles. The van der Waals surface area contributed by atoms with E-state index in [0.29, 0.717) is 17.9 Å². The SMILES string of the molecule is CNCC1CCCN(C(=O)C(CCSC)NC(=O)c2cccc(C)c2)C1. The number of benzene rings is 1. The predicted octanol–water partition coefficient (Wildman–Crippen LogP) is 2.30. The number of amides is 2. The van der Waals surface area contributed by atoms with Crippen LogP contribution in [0.4, 0.5) is 0 Å². The molecule has 0 radical (unpaired) electrons. The Labute approximate surface area is 161 Å². The van der Waals surface area contributed by atoms with Crippen molar-refractivity contribution in [3.63, 3.8) is 0 Å². The molecule has 0 bridgehead atoms. The number of hydrogen-bond donors (Lipinski definition) is 2. The van der Waals surface area contributed by atoms with Gasteiger partial charge in [0.1, 0.15) is 6.04 Å². The smallest absolute Gasteiger partial charge is 0.251 e. The molecule has 1 saturated heterocycles. The van der Waals surface area contributed by atoms with Gasteiger partial charge in [-0.2, -0.15) is 11.8 Å². The minimum absolute atomic E-state index is 0.0563. The third kappa shape index (κ3) is 6.02. The van der Waals surface area contributed by atoms with E-state index in [1.54, 1.807) is 17.8 Å². The highest BCUT2D eigenvalue weighted by molar-refractivity contribution is 7.98. The van der Waals surface area contributed by atoms with Crippen LogP contribution in [0, 0.1) is 12.8 Å². The summed E-state index contributed by atoms with van der Waals surface area (Å²) in [4.78, 5) is 27.6. The molecule has 0 aromatic heterocycles. The maximum absolute atomic E-state index is 13.1. The highest BCUT2D eigenvalue weighted by Crippen LogP contribution is 2.18. The Morgan fingerprint density at radius 2 is 2.19 bits per heavy atom. The minimum Gasteiger partial charge on any atom is -0.341 e. The number of piperidine rings is 1. The number of likely N-dealkylation sites (tertiary alicyclic amines) is 1. The first-order valence-electron chi connectivity index (χ1n) is 9.35. The summed E-state index contributed by atoms with van der Waals surface area (Å²) in [6.45, 7) is 4.45. The van der Waals surface area contributed by atoms with Gasteiger partial charge >= 0.3 is 0 Å². The van der Waals surface area contributed by atoms with Crippen molar-refractivity contribution in [3.05, 3.63) is 35.4 Å². The van der Waals surface area contributed by atoms with E-state index in [0.717, 1.165) is 43.8 Å². The zero-order valence-electron chi connectivity index (χ0n) is 16.1. The largest absolute Gasteiger partial charge is 0.341 e. The van der Waals surface area contributed by atoms with Gasteiger partial charge in [-0.3, -0.25) is 9.59 Å². The number of thioether (sulfide) groups is 1. The Kier molecular flexibility index (Phi) is 8.45. The topological polar surface area (TPSA) is 61.4 Å². The zero-order chi connectivity index (χ0) is 18.9. The van der Waals surface area contributed by atoms with Gasteiger partial charge in [0.05, 0.1) is 0 Å². The Bertz CT molecular complexity index is 606. The monoisotopic (exact) mass is 377 g/mol. The molecule has 26 heavy (non-hydrogen) atoms. The number of aryl methyl sites for hydroxylation is 1. The number of rotatable bonds is 8. The molecule has 1 aromatic rings. The van der Waals surface area contributed by atoms with Gasteiger partial charge in [-0.15, -0.1) is 0 Å². The van der Waals surface area contributed by atoms with Crippen LogP contribution in [0.2, 0.25) is 0 Å². The fourth-order valence-corrected chi connectivity index (χ4v) is 3.93. The Morgan fingerprint density at radius 3 is 2.88 bits per heavy atom. The first-order valence-corrected chi connectivity index (χ1v) is 10.7. The molecule has 2 N–H and O–H groups in total. The normalized spacial score (nSPS) is 18.4. The Hall–Kier alpha value is -1.53. The Balaban J connectivity index is 2.05. The zero-order valence-corrected chi connectivity index (χ0v) is 16.9. The molecule has 0 aliphatic carbocycles. The second-order valence-corrected chi connectivity index (χ2v) is 8.01. The van der Waals surface area contributed by atoms with Crippen LogP contribution in [0.25, 0.3) is 0 Å².